The van der Waals surface area contributed by atoms with Crippen LogP contribution in [0.2, 0.25) is 0 Å². The van der Waals surface area contributed by atoms with E-state index in [-0.39, 0.29) is 18.2 Å². The predicted octanol–water partition coefficient (Wildman–Crippen LogP) is 4.42. The fourth-order valence-electron chi connectivity index (χ4n) is 4.09. The van der Waals surface area contributed by atoms with Gasteiger partial charge in [0.2, 0.25) is 0 Å². The zero-order valence-corrected chi connectivity index (χ0v) is 17.1. The lowest BCUT2D eigenvalue weighted by Crippen LogP contribution is -2.50. The highest BCUT2D eigenvalue weighted by atomic mass is 19.4. The Hall–Kier alpha value is -2.87. The van der Waals surface area contributed by atoms with Crippen molar-refractivity contribution in [2.24, 2.45) is 5.92 Å². The third-order valence-corrected chi connectivity index (χ3v) is 5.91. The number of halogens is 3. The second-order valence-corrected chi connectivity index (χ2v) is 8.08. The van der Waals surface area contributed by atoms with Crippen LogP contribution in [0.4, 0.5) is 13.2 Å². The van der Waals surface area contributed by atoms with Crippen molar-refractivity contribution < 1.29 is 27.8 Å². The lowest BCUT2D eigenvalue weighted by atomic mass is 9.85. The lowest BCUT2D eigenvalue weighted by Gasteiger charge is -2.38. The van der Waals surface area contributed by atoms with Crippen LogP contribution in [0.15, 0.2) is 42.0 Å². The molecule has 1 aliphatic heterocycles. The minimum atomic E-state index is -4.48. The van der Waals surface area contributed by atoms with Gasteiger partial charge in [-0.25, -0.2) is 4.98 Å². The fourth-order valence-corrected chi connectivity index (χ4v) is 4.09. The normalized spacial score (nSPS) is 17.3. The van der Waals surface area contributed by atoms with E-state index in [0.717, 1.165) is 36.6 Å². The number of fused-ring (bicyclic) bond motifs is 1. The molecule has 4 rings (SSSR count). The molecule has 0 amide bonds. The van der Waals surface area contributed by atoms with Gasteiger partial charge in [-0.1, -0.05) is 17.7 Å². The van der Waals surface area contributed by atoms with Gasteiger partial charge in [-0.2, -0.15) is 13.2 Å². The van der Waals surface area contributed by atoms with Gasteiger partial charge in [-0.05, 0) is 60.7 Å². The maximum absolute atomic E-state index is 12.8. The van der Waals surface area contributed by atoms with Crippen LogP contribution in [0, 0.1) is 5.92 Å². The smallest absolute Gasteiger partial charge is 0.433 e. The number of aromatic nitrogens is 1. The van der Waals surface area contributed by atoms with Gasteiger partial charge >= 0.3 is 12.1 Å². The zero-order valence-electron chi connectivity index (χ0n) is 17.1. The van der Waals surface area contributed by atoms with E-state index in [1.54, 1.807) is 0 Å². The van der Waals surface area contributed by atoms with Crippen molar-refractivity contribution in [3.63, 3.8) is 0 Å². The largest absolute Gasteiger partial charge is 0.487 e. The number of rotatable bonds is 6. The van der Waals surface area contributed by atoms with Gasteiger partial charge in [0.25, 0.3) is 0 Å². The fraction of sp³-hybridized carbons (Fsp3) is 0.391. The average molecular weight is 432 g/mol. The topological polar surface area (TPSA) is 62.7 Å². The van der Waals surface area contributed by atoms with E-state index in [4.69, 9.17) is 9.84 Å². The molecule has 1 fully saturated rings. The van der Waals surface area contributed by atoms with Crippen LogP contribution in [0.5, 0.6) is 5.75 Å². The number of allylic oxidation sites excluding steroid dienone is 1. The zero-order chi connectivity index (χ0) is 22.2. The maximum Gasteiger partial charge on any atom is 0.433 e. The number of pyridine rings is 1. The van der Waals surface area contributed by atoms with Crippen LogP contribution in [-0.2, 0) is 24.0 Å². The molecule has 8 heteroatoms. The second-order valence-electron chi connectivity index (χ2n) is 8.08. The second kappa shape index (κ2) is 8.34. The van der Waals surface area contributed by atoms with E-state index in [9.17, 15) is 18.0 Å². The van der Waals surface area contributed by atoms with Gasteiger partial charge in [-0.15, -0.1) is 0 Å². The van der Waals surface area contributed by atoms with Crippen molar-refractivity contribution in [1.29, 1.82) is 0 Å². The SMILES string of the molecule is CC1=C(CN2CC(C(=O)O)C2)CCc2cc(OCc3cccc(C(F)(F)F)n3)ccc21. The number of hydrogen-bond donors (Lipinski definition) is 1. The van der Waals surface area contributed by atoms with E-state index in [1.807, 2.05) is 18.2 Å². The molecule has 2 aromatic rings. The molecule has 5 nitrogen and oxygen atoms in total. The standard InChI is InChI=1S/C23H23F3N2O3/c1-14-16(10-28-11-17(12-28)22(29)30)6-5-15-9-19(7-8-20(14)15)31-13-18-3-2-4-21(27-18)23(24,25)26/h2-4,7-9,17H,5-6,10-13H2,1H3,(H,29,30). The number of benzene rings is 1. The molecule has 0 spiro atoms. The van der Waals surface area contributed by atoms with E-state index in [1.165, 1.54) is 23.3 Å². The highest BCUT2D eigenvalue weighted by molar-refractivity contribution is 5.73. The third-order valence-electron chi connectivity index (χ3n) is 5.91. The number of likely N-dealkylation sites (tertiary alicyclic amines) is 1. The summed E-state index contributed by atoms with van der Waals surface area (Å²) < 4.78 is 44.1. The molecule has 1 aromatic heterocycles. The first-order chi connectivity index (χ1) is 14.7. The molecule has 2 aliphatic rings. The molecule has 1 N–H and O–H groups in total. The monoisotopic (exact) mass is 432 g/mol. The number of nitrogens with zero attached hydrogens (tertiary/aromatic N) is 2. The minimum absolute atomic E-state index is 0.0392. The Morgan fingerprint density at radius 3 is 2.71 bits per heavy atom. The number of alkyl halides is 3. The van der Waals surface area contributed by atoms with E-state index in [2.05, 4.69) is 16.8 Å². The number of ether oxygens (including phenoxy) is 1. The number of aryl methyl sites for hydroxylation is 1. The molecule has 1 saturated heterocycles. The molecule has 0 bridgehead atoms. The first kappa shape index (κ1) is 21.4. The lowest BCUT2D eigenvalue weighted by molar-refractivity contribution is -0.147. The number of carbonyl (C=O) groups is 1. The summed E-state index contributed by atoms with van der Waals surface area (Å²) in [6.07, 6.45) is -2.74. The molecular weight excluding hydrogens is 409 g/mol. The van der Waals surface area contributed by atoms with E-state index in [0.29, 0.717) is 18.8 Å². The van der Waals surface area contributed by atoms with Gasteiger partial charge in [0.15, 0.2) is 0 Å². The van der Waals surface area contributed by atoms with Crippen LogP contribution >= 0.6 is 0 Å². The Morgan fingerprint density at radius 2 is 2.00 bits per heavy atom. The molecular formula is C23H23F3N2O3. The van der Waals surface area contributed by atoms with E-state index < -0.39 is 17.8 Å². The van der Waals surface area contributed by atoms with Crippen LogP contribution < -0.4 is 4.74 Å². The predicted molar refractivity (Wildman–Crippen MR) is 108 cm³/mol. The average Bonchev–Trinajstić information content (AvgIpc) is 2.69. The van der Waals surface area contributed by atoms with Crippen molar-refractivity contribution in [3.8, 4) is 5.75 Å². The van der Waals surface area contributed by atoms with Gasteiger partial charge in [0.05, 0.1) is 11.6 Å². The number of aliphatic carboxylic acids is 1. The molecule has 1 aliphatic carbocycles. The number of carboxylic acid groups (broad SMARTS) is 1. The van der Waals surface area contributed by atoms with Crippen molar-refractivity contribution in [3.05, 3.63) is 64.5 Å². The molecule has 1 aromatic carbocycles. The van der Waals surface area contributed by atoms with Crippen molar-refractivity contribution in [1.82, 2.24) is 9.88 Å². The maximum atomic E-state index is 12.8. The van der Waals surface area contributed by atoms with Gasteiger partial charge in [0.1, 0.15) is 18.1 Å². The molecule has 0 atom stereocenters. The Labute approximate surface area is 178 Å². The summed E-state index contributed by atoms with van der Waals surface area (Å²) in [5.74, 6) is -0.395. The van der Waals surface area contributed by atoms with Crippen LogP contribution in [0.1, 0.15) is 35.9 Å². The molecule has 31 heavy (non-hydrogen) atoms. The molecule has 164 valence electrons. The van der Waals surface area contributed by atoms with Crippen LogP contribution in [0.3, 0.4) is 0 Å². The molecule has 0 saturated carbocycles. The van der Waals surface area contributed by atoms with Crippen molar-refractivity contribution in [2.45, 2.75) is 32.5 Å². The Morgan fingerprint density at radius 1 is 1.23 bits per heavy atom. The number of carboxylic acids is 1. The molecule has 2 heterocycles. The summed E-state index contributed by atoms with van der Waals surface area (Å²) in [4.78, 5) is 16.8. The van der Waals surface area contributed by atoms with Crippen LogP contribution in [0.25, 0.3) is 5.57 Å². The first-order valence-electron chi connectivity index (χ1n) is 10.1. The van der Waals surface area contributed by atoms with Gasteiger partial charge < -0.3 is 9.84 Å². The summed E-state index contributed by atoms with van der Waals surface area (Å²) in [7, 11) is 0. The van der Waals surface area contributed by atoms with Crippen molar-refractivity contribution >= 4 is 11.5 Å². The summed E-state index contributed by atoms with van der Waals surface area (Å²) >= 11 is 0. The van der Waals surface area contributed by atoms with Crippen LogP contribution in [-0.4, -0.2) is 40.6 Å². The van der Waals surface area contributed by atoms with Gasteiger partial charge in [0, 0.05) is 19.6 Å². The van der Waals surface area contributed by atoms with E-state index >= 15 is 0 Å². The Bertz CT molecular complexity index is 1030. The quantitative estimate of drug-likeness (QED) is 0.733. The summed E-state index contributed by atoms with van der Waals surface area (Å²) in [5, 5.41) is 9.03. The van der Waals surface area contributed by atoms with Gasteiger partial charge in [-0.3, -0.25) is 9.69 Å². The summed E-state index contributed by atoms with van der Waals surface area (Å²) in [6, 6.07) is 9.52. The highest BCUT2D eigenvalue weighted by Crippen LogP contribution is 2.35. The Balaban J connectivity index is 1.41. The van der Waals surface area contributed by atoms with Crippen molar-refractivity contribution in [2.75, 3.05) is 19.6 Å². The highest BCUT2D eigenvalue weighted by Gasteiger charge is 2.33. The number of hydrogen-bond acceptors (Lipinski definition) is 4. The molecule has 0 unspecified atom stereocenters. The minimum Gasteiger partial charge on any atom is -0.487 e. The molecule has 0 radical (unpaired) electrons. The summed E-state index contributed by atoms with van der Waals surface area (Å²) in [6.45, 7) is 4.01. The Kier molecular flexibility index (Phi) is 5.75. The summed E-state index contributed by atoms with van der Waals surface area (Å²) in [5.41, 5.74) is 4.09. The third kappa shape index (κ3) is 4.74. The first-order valence-corrected chi connectivity index (χ1v) is 10.1.